The summed E-state index contributed by atoms with van der Waals surface area (Å²) in [6.07, 6.45) is 4.33. The lowest BCUT2D eigenvalue weighted by Gasteiger charge is -2.14. The van der Waals surface area contributed by atoms with E-state index in [9.17, 15) is 0 Å². The van der Waals surface area contributed by atoms with Gasteiger partial charge < -0.3 is 12.4 Å². The van der Waals surface area contributed by atoms with Crippen LogP contribution in [0.5, 0.6) is 0 Å². The summed E-state index contributed by atoms with van der Waals surface area (Å²) >= 11 is 6.27. The molecule has 5 rings (SSSR count). The SMILES string of the molecule is CCc1cc(Cl)ccc1-c1cn(-c2ccc(-c3ccccc3)cc2)c2[n+]1CCCN2.[Cl-]. The van der Waals surface area contributed by atoms with E-state index in [2.05, 4.69) is 94.3 Å². The summed E-state index contributed by atoms with van der Waals surface area (Å²) in [7, 11) is 0. The number of aryl methyl sites for hydroxylation is 1. The minimum Gasteiger partial charge on any atom is -1.00 e. The van der Waals surface area contributed by atoms with Crippen LogP contribution in [-0.2, 0) is 13.0 Å². The van der Waals surface area contributed by atoms with Crippen LogP contribution >= 0.6 is 11.6 Å². The minimum atomic E-state index is 0. The van der Waals surface area contributed by atoms with Crippen LogP contribution in [0.25, 0.3) is 28.1 Å². The van der Waals surface area contributed by atoms with E-state index in [1.54, 1.807) is 0 Å². The van der Waals surface area contributed by atoms with Crippen LogP contribution < -0.4 is 22.3 Å². The summed E-state index contributed by atoms with van der Waals surface area (Å²) in [4.78, 5) is 0. The van der Waals surface area contributed by atoms with Gasteiger partial charge in [-0.05, 0) is 53.4 Å². The molecule has 0 unspecified atom stereocenters. The van der Waals surface area contributed by atoms with E-state index < -0.39 is 0 Å². The van der Waals surface area contributed by atoms with Crippen LogP contribution in [0.15, 0.2) is 79.0 Å². The fourth-order valence-electron chi connectivity index (χ4n) is 4.30. The number of nitrogens with one attached hydrogen (secondary N) is 1. The Morgan fingerprint density at radius 2 is 1.71 bits per heavy atom. The molecule has 31 heavy (non-hydrogen) atoms. The molecule has 0 amide bonds. The summed E-state index contributed by atoms with van der Waals surface area (Å²) in [6.45, 7) is 4.19. The van der Waals surface area contributed by atoms with Crippen LogP contribution in [0.1, 0.15) is 18.9 Å². The Hall–Kier alpha value is -2.75. The molecule has 0 spiro atoms. The van der Waals surface area contributed by atoms with Gasteiger partial charge in [-0.3, -0.25) is 5.32 Å². The van der Waals surface area contributed by atoms with Gasteiger partial charge in [-0.15, -0.1) is 0 Å². The highest BCUT2D eigenvalue weighted by molar-refractivity contribution is 6.30. The molecule has 0 saturated carbocycles. The van der Waals surface area contributed by atoms with Crippen molar-refractivity contribution in [2.75, 3.05) is 11.9 Å². The van der Waals surface area contributed by atoms with Gasteiger partial charge in [-0.1, -0.05) is 61.0 Å². The number of aromatic nitrogens is 2. The van der Waals surface area contributed by atoms with Gasteiger partial charge in [0, 0.05) is 17.0 Å². The second kappa shape index (κ2) is 9.17. The predicted octanol–water partition coefficient (Wildman–Crippen LogP) is 3.13. The fraction of sp³-hybridized carbons (Fsp3) is 0.192. The van der Waals surface area contributed by atoms with E-state index in [1.807, 2.05) is 6.07 Å². The first-order valence-electron chi connectivity index (χ1n) is 10.6. The number of hydrogen-bond acceptors (Lipinski definition) is 1. The molecule has 0 saturated heterocycles. The Morgan fingerprint density at radius 3 is 2.45 bits per heavy atom. The number of halogens is 2. The molecule has 0 radical (unpaired) electrons. The maximum atomic E-state index is 6.27. The van der Waals surface area contributed by atoms with Crippen molar-refractivity contribution in [3.05, 3.63) is 89.6 Å². The summed E-state index contributed by atoms with van der Waals surface area (Å²) in [6, 6.07) is 25.5. The van der Waals surface area contributed by atoms with Crippen LogP contribution in [0, 0.1) is 0 Å². The molecule has 5 heteroatoms. The van der Waals surface area contributed by atoms with Crippen LogP contribution in [-0.4, -0.2) is 11.1 Å². The van der Waals surface area contributed by atoms with Gasteiger partial charge in [0.1, 0.15) is 17.6 Å². The van der Waals surface area contributed by atoms with Crippen LogP contribution in [0.2, 0.25) is 5.02 Å². The topological polar surface area (TPSA) is 20.8 Å². The second-order valence-corrected chi connectivity index (χ2v) is 8.14. The molecule has 158 valence electrons. The Labute approximate surface area is 194 Å². The van der Waals surface area contributed by atoms with Crippen LogP contribution in [0.3, 0.4) is 0 Å². The molecule has 0 aliphatic carbocycles. The summed E-state index contributed by atoms with van der Waals surface area (Å²) in [5.74, 6) is 1.14. The lowest BCUT2D eigenvalue weighted by molar-refractivity contribution is -0.675. The average molecular weight is 450 g/mol. The maximum absolute atomic E-state index is 6.27. The van der Waals surface area contributed by atoms with E-state index >= 15 is 0 Å². The van der Waals surface area contributed by atoms with E-state index in [0.717, 1.165) is 42.6 Å². The van der Waals surface area contributed by atoms with Gasteiger partial charge >= 0.3 is 5.95 Å². The number of imidazole rings is 1. The summed E-state index contributed by atoms with van der Waals surface area (Å²) < 4.78 is 4.67. The summed E-state index contributed by atoms with van der Waals surface area (Å²) in [5.41, 5.74) is 7.39. The Bertz CT molecular complexity index is 1180. The number of rotatable bonds is 4. The van der Waals surface area contributed by atoms with E-state index in [4.69, 9.17) is 11.6 Å². The lowest BCUT2D eigenvalue weighted by atomic mass is 10.0. The van der Waals surface area contributed by atoms with Gasteiger partial charge in [0.05, 0.1) is 13.1 Å². The third-order valence-electron chi connectivity index (χ3n) is 5.84. The van der Waals surface area contributed by atoms with Crippen molar-refractivity contribution in [1.82, 2.24) is 4.57 Å². The standard InChI is InChI=1S/C26H24ClN3.ClH/c1-2-19-17-22(27)11-14-24(19)25-18-30(26-28-15-6-16-29(25)26)23-12-9-21(10-13-23)20-7-4-3-5-8-20;/h3-5,7-14,17-18H,2,6,15-16H2,1H3;1H. The van der Waals surface area contributed by atoms with E-state index in [1.165, 1.54) is 27.9 Å². The van der Waals surface area contributed by atoms with Crippen molar-refractivity contribution in [2.45, 2.75) is 26.3 Å². The fourth-order valence-corrected chi connectivity index (χ4v) is 4.50. The highest BCUT2D eigenvalue weighted by Gasteiger charge is 2.27. The number of anilines is 1. The molecule has 1 N–H and O–H groups in total. The minimum absolute atomic E-state index is 0. The Kier molecular flexibility index (Phi) is 6.35. The third-order valence-corrected chi connectivity index (χ3v) is 6.08. The van der Waals surface area contributed by atoms with Crippen LogP contribution in [0.4, 0.5) is 5.95 Å². The molecule has 3 aromatic carbocycles. The molecule has 2 heterocycles. The molecule has 1 aliphatic rings. The first-order valence-corrected chi connectivity index (χ1v) is 11.0. The van der Waals surface area contributed by atoms with Gasteiger partial charge in [-0.25, -0.2) is 9.13 Å². The zero-order valence-electron chi connectivity index (χ0n) is 17.5. The van der Waals surface area contributed by atoms with E-state index in [0.29, 0.717) is 0 Å². The number of hydrogen-bond donors (Lipinski definition) is 1. The largest absolute Gasteiger partial charge is 1.00 e. The monoisotopic (exact) mass is 449 g/mol. The summed E-state index contributed by atoms with van der Waals surface area (Å²) in [5, 5.41) is 4.41. The highest BCUT2D eigenvalue weighted by atomic mass is 35.5. The van der Waals surface area contributed by atoms with Gasteiger partial charge in [0.15, 0.2) is 0 Å². The first kappa shape index (κ1) is 21.5. The Morgan fingerprint density at radius 1 is 0.968 bits per heavy atom. The van der Waals surface area contributed by atoms with Crippen molar-refractivity contribution in [3.63, 3.8) is 0 Å². The van der Waals surface area contributed by atoms with Gasteiger partial charge in [-0.2, -0.15) is 0 Å². The molecule has 4 aromatic rings. The molecular weight excluding hydrogens is 425 g/mol. The first-order chi connectivity index (χ1) is 14.7. The second-order valence-electron chi connectivity index (χ2n) is 7.71. The predicted molar refractivity (Wildman–Crippen MR) is 124 cm³/mol. The zero-order valence-corrected chi connectivity index (χ0v) is 19.0. The van der Waals surface area contributed by atoms with Crippen molar-refractivity contribution < 1.29 is 17.0 Å². The van der Waals surface area contributed by atoms with E-state index in [-0.39, 0.29) is 12.4 Å². The molecule has 3 nitrogen and oxygen atoms in total. The van der Waals surface area contributed by atoms with Crippen molar-refractivity contribution in [2.24, 2.45) is 0 Å². The van der Waals surface area contributed by atoms with Crippen molar-refractivity contribution in [3.8, 4) is 28.1 Å². The quantitative estimate of drug-likeness (QED) is 0.474. The van der Waals surface area contributed by atoms with Crippen molar-refractivity contribution in [1.29, 1.82) is 0 Å². The molecule has 0 fully saturated rings. The van der Waals surface area contributed by atoms with Gasteiger partial charge in [0.25, 0.3) is 0 Å². The average Bonchev–Trinajstić information content (AvgIpc) is 3.19. The number of fused-ring (bicyclic) bond motifs is 1. The molecule has 1 aliphatic heterocycles. The zero-order chi connectivity index (χ0) is 20.5. The number of nitrogens with zero attached hydrogens (tertiary/aromatic N) is 2. The van der Waals surface area contributed by atoms with Gasteiger partial charge in [0.2, 0.25) is 0 Å². The number of benzene rings is 3. The third kappa shape index (κ3) is 4.08. The molecule has 0 atom stereocenters. The maximum Gasteiger partial charge on any atom is 0.362 e. The Balaban J connectivity index is 0.00000231. The van der Waals surface area contributed by atoms with Crippen molar-refractivity contribution >= 4 is 17.5 Å². The molecule has 0 bridgehead atoms. The normalized spacial score (nSPS) is 12.6. The molecule has 1 aromatic heterocycles. The smallest absolute Gasteiger partial charge is 0.362 e. The lowest BCUT2D eigenvalue weighted by Crippen LogP contribution is -3.00. The highest BCUT2D eigenvalue weighted by Crippen LogP contribution is 2.30. The molecular formula is C26H25Cl2N3.